The van der Waals surface area contributed by atoms with E-state index in [1.165, 1.54) is 19.1 Å². The molecule has 0 spiro atoms. The van der Waals surface area contributed by atoms with Gasteiger partial charge in [-0.05, 0) is 38.6 Å². The van der Waals surface area contributed by atoms with Gasteiger partial charge in [0.25, 0.3) is 0 Å². The van der Waals surface area contributed by atoms with Crippen LogP contribution in [0.4, 0.5) is 0 Å². The third-order valence-electron chi connectivity index (χ3n) is 4.56. The molecule has 1 saturated carbocycles. The summed E-state index contributed by atoms with van der Waals surface area (Å²) in [6.45, 7) is 1.23. The minimum Gasteiger partial charge on any atom is -0.395 e. The topological polar surface area (TPSA) is 57.6 Å². The SMILES string of the molecule is CS(=O)(=O)C1CCCC(N2CCCCC2CO)C1. The van der Waals surface area contributed by atoms with Crippen LogP contribution in [0.2, 0.25) is 0 Å². The molecule has 0 radical (unpaired) electrons. The fourth-order valence-corrected chi connectivity index (χ4v) is 4.68. The summed E-state index contributed by atoms with van der Waals surface area (Å²) in [5, 5.41) is 9.29. The fraction of sp³-hybridized carbons (Fsp3) is 1.00. The molecule has 1 aliphatic heterocycles. The maximum atomic E-state index is 11.7. The Morgan fingerprint density at radius 1 is 1.17 bits per heavy atom. The molecule has 1 N–H and O–H groups in total. The average molecular weight is 275 g/mol. The zero-order valence-corrected chi connectivity index (χ0v) is 12.0. The maximum absolute atomic E-state index is 11.7. The molecule has 106 valence electrons. The molecular weight excluding hydrogens is 250 g/mol. The number of hydrogen-bond donors (Lipinski definition) is 1. The molecule has 1 aliphatic carbocycles. The zero-order chi connectivity index (χ0) is 13.2. The largest absolute Gasteiger partial charge is 0.395 e. The van der Waals surface area contributed by atoms with Gasteiger partial charge in [0.15, 0.2) is 0 Å². The third kappa shape index (κ3) is 3.25. The molecule has 18 heavy (non-hydrogen) atoms. The minimum atomic E-state index is -2.91. The first-order chi connectivity index (χ1) is 8.52. The van der Waals surface area contributed by atoms with Crippen molar-refractivity contribution in [1.29, 1.82) is 0 Å². The Morgan fingerprint density at radius 3 is 2.61 bits per heavy atom. The van der Waals surface area contributed by atoms with Gasteiger partial charge in [-0.3, -0.25) is 4.90 Å². The maximum Gasteiger partial charge on any atom is 0.150 e. The van der Waals surface area contributed by atoms with Crippen LogP contribution in [0.3, 0.4) is 0 Å². The molecule has 5 heteroatoms. The first-order valence-corrected chi connectivity index (χ1v) is 9.03. The standard InChI is InChI=1S/C13H25NO3S/c1-18(16,17)13-7-4-6-11(9-13)14-8-3-2-5-12(14)10-15/h11-13,15H,2-10H2,1H3. The van der Waals surface area contributed by atoms with Gasteiger partial charge in [-0.15, -0.1) is 0 Å². The van der Waals surface area contributed by atoms with Gasteiger partial charge in [-0.1, -0.05) is 12.8 Å². The molecule has 0 aromatic heterocycles. The van der Waals surface area contributed by atoms with Crippen LogP contribution >= 0.6 is 0 Å². The predicted octanol–water partition coefficient (Wildman–Crippen LogP) is 1.19. The summed E-state index contributed by atoms with van der Waals surface area (Å²) in [7, 11) is -2.91. The molecule has 1 heterocycles. The number of aliphatic hydroxyl groups is 1. The lowest BCUT2D eigenvalue weighted by molar-refractivity contribution is 0.0390. The summed E-state index contributed by atoms with van der Waals surface area (Å²) in [6.07, 6.45) is 8.43. The molecule has 4 nitrogen and oxygen atoms in total. The van der Waals surface area contributed by atoms with Crippen LogP contribution in [0.15, 0.2) is 0 Å². The summed E-state index contributed by atoms with van der Waals surface area (Å²) < 4.78 is 23.4. The van der Waals surface area contributed by atoms with Crippen molar-refractivity contribution in [2.24, 2.45) is 0 Å². The highest BCUT2D eigenvalue weighted by Crippen LogP contribution is 2.31. The van der Waals surface area contributed by atoms with Gasteiger partial charge in [-0.2, -0.15) is 0 Å². The Labute approximate surface area is 110 Å². The van der Waals surface area contributed by atoms with Crippen molar-refractivity contribution in [2.45, 2.75) is 62.3 Å². The van der Waals surface area contributed by atoms with Crippen LogP contribution in [-0.4, -0.2) is 55.2 Å². The Hall–Kier alpha value is -0.130. The van der Waals surface area contributed by atoms with Crippen LogP contribution in [0.25, 0.3) is 0 Å². The number of aliphatic hydroxyl groups excluding tert-OH is 1. The molecular formula is C13H25NO3S. The van der Waals surface area contributed by atoms with Gasteiger partial charge in [0.05, 0.1) is 11.9 Å². The lowest BCUT2D eigenvalue weighted by Crippen LogP contribution is -2.50. The Bertz CT molecular complexity index is 368. The lowest BCUT2D eigenvalue weighted by atomic mass is 9.90. The van der Waals surface area contributed by atoms with Crippen molar-refractivity contribution >= 4 is 9.84 Å². The number of rotatable bonds is 3. The molecule has 1 saturated heterocycles. The number of sulfone groups is 1. The van der Waals surface area contributed by atoms with E-state index >= 15 is 0 Å². The van der Waals surface area contributed by atoms with Gasteiger partial charge in [0, 0.05) is 18.3 Å². The lowest BCUT2D eigenvalue weighted by Gasteiger charge is -2.43. The summed E-state index contributed by atoms with van der Waals surface area (Å²) >= 11 is 0. The van der Waals surface area contributed by atoms with E-state index in [-0.39, 0.29) is 17.9 Å². The van der Waals surface area contributed by atoms with Crippen LogP contribution in [0, 0.1) is 0 Å². The molecule has 3 atom stereocenters. The molecule has 0 bridgehead atoms. The highest BCUT2D eigenvalue weighted by atomic mass is 32.2. The van der Waals surface area contributed by atoms with E-state index in [2.05, 4.69) is 4.90 Å². The van der Waals surface area contributed by atoms with E-state index in [0.717, 1.165) is 38.6 Å². The van der Waals surface area contributed by atoms with Gasteiger partial charge >= 0.3 is 0 Å². The predicted molar refractivity (Wildman–Crippen MR) is 72.3 cm³/mol. The van der Waals surface area contributed by atoms with Gasteiger partial charge < -0.3 is 5.11 Å². The molecule has 0 aromatic carbocycles. The van der Waals surface area contributed by atoms with E-state index in [9.17, 15) is 13.5 Å². The van der Waals surface area contributed by atoms with Crippen LogP contribution in [0.5, 0.6) is 0 Å². The average Bonchev–Trinajstić information content (AvgIpc) is 2.38. The highest BCUT2D eigenvalue weighted by Gasteiger charge is 2.35. The zero-order valence-electron chi connectivity index (χ0n) is 11.2. The molecule has 3 unspecified atom stereocenters. The second-order valence-electron chi connectivity index (χ2n) is 5.84. The van der Waals surface area contributed by atoms with E-state index in [4.69, 9.17) is 0 Å². The normalized spacial score (nSPS) is 35.6. The van der Waals surface area contributed by atoms with Crippen molar-refractivity contribution in [2.75, 3.05) is 19.4 Å². The summed E-state index contributed by atoms with van der Waals surface area (Å²) in [5.74, 6) is 0. The van der Waals surface area contributed by atoms with E-state index < -0.39 is 9.84 Å². The number of nitrogens with zero attached hydrogens (tertiary/aromatic N) is 1. The molecule has 0 amide bonds. The molecule has 2 rings (SSSR count). The van der Waals surface area contributed by atoms with E-state index in [0.29, 0.717) is 6.04 Å². The Kier molecular flexibility index (Phi) is 4.67. The second kappa shape index (κ2) is 5.88. The van der Waals surface area contributed by atoms with E-state index in [1.54, 1.807) is 0 Å². The van der Waals surface area contributed by atoms with Gasteiger partial charge in [0.2, 0.25) is 0 Å². The van der Waals surface area contributed by atoms with Crippen molar-refractivity contribution in [1.82, 2.24) is 4.90 Å². The quantitative estimate of drug-likeness (QED) is 0.840. The highest BCUT2D eigenvalue weighted by molar-refractivity contribution is 7.91. The van der Waals surface area contributed by atoms with Crippen LogP contribution in [-0.2, 0) is 9.84 Å². The third-order valence-corrected chi connectivity index (χ3v) is 6.20. The number of hydrogen-bond acceptors (Lipinski definition) is 4. The van der Waals surface area contributed by atoms with Crippen LogP contribution in [0.1, 0.15) is 44.9 Å². The molecule has 2 aliphatic rings. The first-order valence-electron chi connectivity index (χ1n) is 7.08. The van der Waals surface area contributed by atoms with Crippen molar-refractivity contribution < 1.29 is 13.5 Å². The monoisotopic (exact) mass is 275 g/mol. The van der Waals surface area contributed by atoms with Crippen molar-refractivity contribution in [3.8, 4) is 0 Å². The first kappa shape index (κ1) is 14.3. The Balaban J connectivity index is 2.03. The minimum absolute atomic E-state index is 0.169. The smallest absolute Gasteiger partial charge is 0.150 e. The van der Waals surface area contributed by atoms with Gasteiger partial charge in [0.1, 0.15) is 9.84 Å². The Morgan fingerprint density at radius 2 is 1.94 bits per heavy atom. The van der Waals surface area contributed by atoms with Crippen molar-refractivity contribution in [3.63, 3.8) is 0 Å². The summed E-state index contributed by atoms with van der Waals surface area (Å²) in [5.41, 5.74) is 0. The number of likely N-dealkylation sites (tertiary alicyclic amines) is 1. The molecule has 0 aromatic rings. The van der Waals surface area contributed by atoms with Gasteiger partial charge in [-0.25, -0.2) is 8.42 Å². The molecule has 2 fully saturated rings. The van der Waals surface area contributed by atoms with Crippen molar-refractivity contribution in [3.05, 3.63) is 0 Å². The summed E-state index contributed by atoms with van der Waals surface area (Å²) in [6, 6.07) is 0.609. The fourth-order valence-electron chi connectivity index (χ4n) is 3.51. The summed E-state index contributed by atoms with van der Waals surface area (Å²) in [4.78, 5) is 2.38. The second-order valence-corrected chi connectivity index (χ2v) is 8.17. The number of piperidine rings is 1. The van der Waals surface area contributed by atoms with Crippen LogP contribution < -0.4 is 0 Å². The van der Waals surface area contributed by atoms with E-state index in [1.807, 2.05) is 0 Å².